The van der Waals surface area contributed by atoms with Crippen LogP contribution < -0.4 is 0 Å². The van der Waals surface area contributed by atoms with E-state index < -0.39 is 0 Å². The molecule has 1 aliphatic carbocycles. The van der Waals surface area contributed by atoms with Gasteiger partial charge in [0.25, 0.3) is 0 Å². The lowest BCUT2D eigenvalue weighted by molar-refractivity contribution is -0.126. The van der Waals surface area contributed by atoms with Crippen molar-refractivity contribution in [3.8, 4) is 0 Å². The molecular weight excluding hydrogens is 263 g/mol. The van der Waals surface area contributed by atoms with Crippen LogP contribution in [0.25, 0.3) is 0 Å². The van der Waals surface area contributed by atoms with Crippen LogP contribution in [0.2, 0.25) is 0 Å². The van der Waals surface area contributed by atoms with E-state index in [2.05, 4.69) is 50.3 Å². The van der Waals surface area contributed by atoms with E-state index in [-0.39, 0.29) is 10.8 Å². The van der Waals surface area contributed by atoms with Crippen molar-refractivity contribution < 1.29 is 4.79 Å². The second-order valence-corrected chi connectivity index (χ2v) is 5.48. The zero-order valence-corrected chi connectivity index (χ0v) is 10.4. The molecule has 0 saturated heterocycles. The molecule has 0 radical (unpaired) electrons. The van der Waals surface area contributed by atoms with E-state index in [1.165, 1.54) is 0 Å². The topological polar surface area (TPSA) is 17.1 Å². The Morgan fingerprint density at radius 3 is 2.17 bits per heavy atom. The van der Waals surface area contributed by atoms with Gasteiger partial charge in [-0.1, -0.05) is 50.3 Å². The minimum Gasteiger partial charge on any atom is -0.299 e. The fraction of sp³-hybridized carbons (Fsp3) is 0.900. The predicted octanol–water partition coefficient (Wildman–Crippen LogP) is 3.06. The van der Waals surface area contributed by atoms with Crippen LogP contribution in [0.4, 0.5) is 0 Å². The van der Waals surface area contributed by atoms with Gasteiger partial charge in [-0.05, 0) is 11.3 Å². The van der Waals surface area contributed by atoms with Gasteiger partial charge in [-0.2, -0.15) is 0 Å². The molecule has 2 unspecified atom stereocenters. The van der Waals surface area contributed by atoms with Gasteiger partial charge in [-0.25, -0.2) is 0 Å². The SMILES string of the molecule is CC1CC(=O)C(C)(CI)C1(C)C. The monoisotopic (exact) mass is 280 g/mol. The molecule has 0 aromatic carbocycles. The number of carbonyl (C=O) groups is 1. The molecule has 2 atom stereocenters. The van der Waals surface area contributed by atoms with Crippen LogP contribution in [0.3, 0.4) is 0 Å². The summed E-state index contributed by atoms with van der Waals surface area (Å²) in [6, 6.07) is 0. The molecule has 0 amide bonds. The summed E-state index contributed by atoms with van der Waals surface area (Å²) >= 11 is 2.34. The van der Waals surface area contributed by atoms with Crippen molar-refractivity contribution in [2.45, 2.75) is 34.1 Å². The van der Waals surface area contributed by atoms with Crippen molar-refractivity contribution in [1.29, 1.82) is 0 Å². The third kappa shape index (κ3) is 1.14. The highest BCUT2D eigenvalue weighted by molar-refractivity contribution is 14.1. The summed E-state index contributed by atoms with van der Waals surface area (Å²) in [5, 5.41) is 0. The van der Waals surface area contributed by atoms with Crippen LogP contribution in [0, 0.1) is 16.7 Å². The summed E-state index contributed by atoms with van der Waals surface area (Å²) < 4.78 is 0.945. The highest BCUT2D eigenvalue weighted by Crippen LogP contribution is 2.54. The van der Waals surface area contributed by atoms with Crippen LogP contribution >= 0.6 is 22.6 Å². The van der Waals surface area contributed by atoms with Crippen LogP contribution in [-0.4, -0.2) is 10.2 Å². The van der Waals surface area contributed by atoms with E-state index in [4.69, 9.17) is 0 Å². The summed E-state index contributed by atoms with van der Waals surface area (Å²) in [5.41, 5.74) is 0.0816. The Labute approximate surface area is 88.4 Å². The molecule has 0 spiro atoms. The average Bonchev–Trinajstić information content (AvgIpc) is 2.14. The Morgan fingerprint density at radius 2 is 2.00 bits per heavy atom. The molecule has 70 valence electrons. The van der Waals surface area contributed by atoms with Gasteiger partial charge in [0.2, 0.25) is 0 Å². The van der Waals surface area contributed by atoms with Crippen molar-refractivity contribution in [3.63, 3.8) is 0 Å². The maximum absolute atomic E-state index is 11.7. The highest BCUT2D eigenvalue weighted by Gasteiger charge is 2.54. The summed E-state index contributed by atoms with van der Waals surface area (Å²) in [7, 11) is 0. The van der Waals surface area contributed by atoms with Gasteiger partial charge in [-0.15, -0.1) is 0 Å². The zero-order chi connectivity index (χ0) is 9.57. The molecule has 0 heterocycles. The van der Waals surface area contributed by atoms with Crippen molar-refractivity contribution >= 4 is 28.4 Å². The Hall–Kier alpha value is 0.400. The average molecular weight is 280 g/mol. The van der Waals surface area contributed by atoms with Crippen molar-refractivity contribution in [2.24, 2.45) is 16.7 Å². The molecule has 1 nitrogen and oxygen atoms in total. The van der Waals surface area contributed by atoms with E-state index in [0.717, 1.165) is 10.8 Å². The maximum Gasteiger partial charge on any atom is 0.140 e. The lowest BCUT2D eigenvalue weighted by Crippen LogP contribution is -2.38. The van der Waals surface area contributed by atoms with Crippen LogP contribution in [-0.2, 0) is 4.79 Å². The lowest BCUT2D eigenvalue weighted by Gasteiger charge is -2.38. The molecule has 12 heavy (non-hydrogen) atoms. The molecule has 1 aliphatic rings. The lowest BCUT2D eigenvalue weighted by atomic mass is 9.67. The molecule has 0 aromatic rings. The van der Waals surface area contributed by atoms with Crippen LogP contribution in [0.1, 0.15) is 34.1 Å². The number of halogens is 1. The Kier molecular flexibility index (Phi) is 2.59. The minimum atomic E-state index is -0.0903. The number of hydrogen-bond donors (Lipinski definition) is 0. The fourth-order valence-corrected chi connectivity index (χ4v) is 3.32. The van der Waals surface area contributed by atoms with Crippen molar-refractivity contribution in [1.82, 2.24) is 0 Å². The minimum absolute atomic E-state index is 0.0903. The number of Topliss-reactive ketones (excluding diaryl/α,β-unsaturated/α-hetero) is 1. The predicted molar refractivity (Wildman–Crippen MR) is 59.6 cm³/mol. The molecule has 0 aromatic heterocycles. The first-order valence-electron chi connectivity index (χ1n) is 4.45. The second-order valence-electron chi connectivity index (χ2n) is 4.72. The number of rotatable bonds is 1. The second kappa shape index (κ2) is 2.96. The van der Waals surface area contributed by atoms with E-state index in [0.29, 0.717) is 11.7 Å². The summed E-state index contributed by atoms with van der Waals surface area (Å²) in [6.45, 7) is 8.75. The molecule has 0 bridgehead atoms. The number of carbonyl (C=O) groups excluding carboxylic acids is 1. The van der Waals surface area contributed by atoms with E-state index >= 15 is 0 Å². The fourth-order valence-electron chi connectivity index (χ4n) is 1.91. The molecule has 0 N–H and O–H groups in total. The van der Waals surface area contributed by atoms with Gasteiger partial charge in [0, 0.05) is 16.3 Å². The van der Waals surface area contributed by atoms with Gasteiger partial charge in [-0.3, -0.25) is 4.79 Å². The first-order chi connectivity index (χ1) is 5.36. The van der Waals surface area contributed by atoms with Crippen molar-refractivity contribution in [2.75, 3.05) is 4.43 Å². The van der Waals surface area contributed by atoms with E-state index in [9.17, 15) is 4.79 Å². The molecule has 1 saturated carbocycles. The maximum atomic E-state index is 11.7. The standard InChI is InChI=1S/C10H17IO/c1-7-5-8(12)10(4,6-11)9(7,2)3/h7H,5-6H2,1-4H3. The first kappa shape index (κ1) is 10.5. The highest BCUT2D eigenvalue weighted by atomic mass is 127. The number of alkyl halides is 1. The van der Waals surface area contributed by atoms with Gasteiger partial charge >= 0.3 is 0 Å². The van der Waals surface area contributed by atoms with Gasteiger partial charge in [0.1, 0.15) is 5.78 Å². The Bertz CT molecular complexity index is 210. The summed E-state index contributed by atoms with van der Waals surface area (Å²) in [6.07, 6.45) is 0.770. The molecule has 1 fully saturated rings. The van der Waals surface area contributed by atoms with Crippen LogP contribution in [0.15, 0.2) is 0 Å². The normalized spacial score (nSPS) is 40.4. The largest absolute Gasteiger partial charge is 0.299 e. The van der Waals surface area contributed by atoms with Gasteiger partial charge in [0.05, 0.1) is 0 Å². The summed E-state index contributed by atoms with van der Waals surface area (Å²) in [5.74, 6) is 0.985. The molecule has 1 rings (SSSR count). The Balaban J connectivity index is 3.07. The number of ketones is 1. The van der Waals surface area contributed by atoms with Gasteiger partial charge in [0.15, 0.2) is 0 Å². The smallest absolute Gasteiger partial charge is 0.140 e. The zero-order valence-electron chi connectivity index (χ0n) is 8.28. The first-order valence-corrected chi connectivity index (χ1v) is 5.98. The van der Waals surface area contributed by atoms with Crippen LogP contribution in [0.5, 0.6) is 0 Å². The molecule has 0 aliphatic heterocycles. The third-order valence-corrected chi connectivity index (χ3v) is 5.55. The summed E-state index contributed by atoms with van der Waals surface area (Å²) in [4.78, 5) is 11.7. The van der Waals surface area contributed by atoms with Gasteiger partial charge < -0.3 is 0 Å². The van der Waals surface area contributed by atoms with E-state index in [1.807, 2.05) is 0 Å². The molecule has 2 heteroatoms. The number of hydrogen-bond acceptors (Lipinski definition) is 1. The van der Waals surface area contributed by atoms with E-state index in [1.54, 1.807) is 0 Å². The third-order valence-electron chi connectivity index (χ3n) is 4.03. The Morgan fingerprint density at radius 1 is 1.50 bits per heavy atom. The quantitative estimate of drug-likeness (QED) is 0.533. The molecular formula is C10H17IO. The van der Waals surface area contributed by atoms with Crippen molar-refractivity contribution in [3.05, 3.63) is 0 Å².